The molecule has 0 aliphatic rings. The molecule has 1 radical (unpaired) electrons. The van der Waals surface area contributed by atoms with Gasteiger partial charge in [-0.25, -0.2) is 0 Å². The van der Waals surface area contributed by atoms with Gasteiger partial charge >= 0.3 is 0 Å². The molecule has 0 saturated heterocycles. The second-order valence-electron chi connectivity index (χ2n) is 2.60. The number of aromatic amines is 1. The molecule has 5 nitrogen and oxygen atoms in total. The Morgan fingerprint density at radius 1 is 1.57 bits per heavy atom. The smallest absolute Gasteiger partial charge is 0.267 e. The molecule has 0 aromatic carbocycles. The SMILES string of the molecule is O=[C]CCNC(=O)c1ccc(C=O)[nH]1. The summed E-state index contributed by atoms with van der Waals surface area (Å²) >= 11 is 0. The molecule has 2 N–H and O–H groups in total. The van der Waals surface area contributed by atoms with E-state index in [-0.39, 0.29) is 18.9 Å². The van der Waals surface area contributed by atoms with Gasteiger partial charge in [0.1, 0.15) is 5.69 Å². The molecule has 1 heterocycles. The molecule has 1 aromatic heterocycles. The lowest BCUT2D eigenvalue weighted by Gasteiger charge is -1.99. The molecule has 1 amide bonds. The van der Waals surface area contributed by atoms with Gasteiger partial charge in [-0.2, -0.15) is 0 Å². The Balaban J connectivity index is 2.51. The molecular weight excluding hydrogens is 184 g/mol. The van der Waals surface area contributed by atoms with Crippen molar-refractivity contribution in [1.82, 2.24) is 10.3 Å². The molecule has 0 saturated carbocycles. The van der Waals surface area contributed by atoms with Crippen molar-refractivity contribution in [3.8, 4) is 0 Å². The highest BCUT2D eigenvalue weighted by molar-refractivity contribution is 5.93. The molecule has 73 valence electrons. The molecule has 0 aliphatic carbocycles. The lowest BCUT2D eigenvalue weighted by Crippen LogP contribution is -2.24. The Morgan fingerprint density at radius 3 is 2.93 bits per heavy atom. The van der Waals surface area contributed by atoms with E-state index >= 15 is 0 Å². The molecule has 5 heteroatoms. The molecule has 0 aliphatic heterocycles. The van der Waals surface area contributed by atoms with Crippen molar-refractivity contribution in [2.24, 2.45) is 0 Å². The highest BCUT2D eigenvalue weighted by Crippen LogP contribution is 1.98. The largest absolute Gasteiger partial charge is 0.350 e. The van der Waals surface area contributed by atoms with E-state index in [1.54, 1.807) is 6.29 Å². The number of H-pyrrole nitrogens is 1. The summed E-state index contributed by atoms with van der Waals surface area (Å²) < 4.78 is 0. The third kappa shape index (κ3) is 2.55. The summed E-state index contributed by atoms with van der Waals surface area (Å²) in [6.45, 7) is 0.248. The maximum absolute atomic E-state index is 11.3. The van der Waals surface area contributed by atoms with Crippen molar-refractivity contribution in [3.63, 3.8) is 0 Å². The number of rotatable bonds is 5. The molecule has 14 heavy (non-hydrogen) atoms. The van der Waals surface area contributed by atoms with Crippen molar-refractivity contribution in [3.05, 3.63) is 23.5 Å². The summed E-state index contributed by atoms with van der Waals surface area (Å²) in [7, 11) is 0. The van der Waals surface area contributed by atoms with Crippen LogP contribution in [0.3, 0.4) is 0 Å². The Hall–Kier alpha value is -1.91. The van der Waals surface area contributed by atoms with Gasteiger partial charge in [-0.3, -0.25) is 14.4 Å². The average molecular weight is 193 g/mol. The maximum atomic E-state index is 11.3. The van der Waals surface area contributed by atoms with Crippen molar-refractivity contribution in [2.45, 2.75) is 6.42 Å². The number of carbonyl (C=O) groups is 2. The Kier molecular flexibility index (Phi) is 3.60. The van der Waals surface area contributed by atoms with Crippen LogP contribution in [0.25, 0.3) is 0 Å². The van der Waals surface area contributed by atoms with Gasteiger partial charge < -0.3 is 10.3 Å². The van der Waals surface area contributed by atoms with Crippen LogP contribution in [0.2, 0.25) is 0 Å². The Labute approximate surface area is 80.5 Å². The van der Waals surface area contributed by atoms with Gasteiger partial charge in [0.05, 0.1) is 5.69 Å². The quantitative estimate of drug-likeness (QED) is 0.512. The van der Waals surface area contributed by atoms with E-state index in [1.807, 2.05) is 0 Å². The van der Waals surface area contributed by atoms with Gasteiger partial charge in [0, 0.05) is 13.0 Å². The third-order valence-corrected chi connectivity index (χ3v) is 1.59. The van der Waals surface area contributed by atoms with E-state index in [2.05, 4.69) is 10.3 Å². The monoisotopic (exact) mass is 193 g/mol. The summed E-state index contributed by atoms with van der Waals surface area (Å²) in [4.78, 5) is 34.0. The molecule has 0 bridgehead atoms. The molecule has 0 unspecified atom stereocenters. The summed E-state index contributed by atoms with van der Waals surface area (Å²) in [5.41, 5.74) is 0.648. The number of aromatic nitrogens is 1. The number of aldehydes is 1. The molecule has 1 aromatic rings. The lowest BCUT2D eigenvalue weighted by atomic mass is 10.4. The normalized spacial score (nSPS) is 9.43. The summed E-state index contributed by atoms with van der Waals surface area (Å²) in [6.07, 6.45) is 2.44. The van der Waals surface area contributed by atoms with E-state index in [1.165, 1.54) is 12.1 Å². The first-order valence-electron chi connectivity index (χ1n) is 4.05. The van der Waals surface area contributed by atoms with Crippen LogP contribution in [0.15, 0.2) is 12.1 Å². The second kappa shape index (κ2) is 4.96. The maximum Gasteiger partial charge on any atom is 0.267 e. The predicted octanol–water partition coefficient (Wildman–Crippen LogP) is 0.0568. The molecular formula is C9H9N2O3. The van der Waals surface area contributed by atoms with E-state index in [4.69, 9.17) is 0 Å². The second-order valence-corrected chi connectivity index (χ2v) is 2.60. The van der Waals surface area contributed by atoms with Gasteiger partial charge in [0.15, 0.2) is 12.6 Å². The van der Waals surface area contributed by atoms with Crippen LogP contribution in [0.1, 0.15) is 27.4 Å². The molecule has 0 atom stereocenters. The van der Waals surface area contributed by atoms with Crippen LogP contribution in [0, 0.1) is 0 Å². The standard InChI is InChI=1S/C9H9N2O3/c12-5-1-4-10-9(14)8-3-2-7(6-13)11-8/h2-3,6,11H,1,4H2,(H,10,14). The zero-order valence-electron chi connectivity index (χ0n) is 7.37. The first-order chi connectivity index (χ1) is 6.77. The topological polar surface area (TPSA) is 79.0 Å². The van der Waals surface area contributed by atoms with Crippen molar-refractivity contribution >= 4 is 18.5 Å². The number of hydrogen-bond acceptors (Lipinski definition) is 3. The van der Waals surface area contributed by atoms with Gasteiger partial charge in [0.2, 0.25) is 0 Å². The van der Waals surface area contributed by atoms with E-state index in [9.17, 15) is 14.4 Å². The third-order valence-electron chi connectivity index (χ3n) is 1.59. The lowest BCUT2D eigenvalue weighted by molar-refractivity contribution is 0.0950. The summed E-state index contributed by atoms with van der Waals surface area (Å²) in [5, 5.41) is 2.49. The van der Waals surface area contributed by atoms with Crippen molar-refractivity contribution in [2.75, 3.05) is 6.54 Å². The van der Waals surface area contributed by atoms with Gasteiger partial charge in [0.25, 0.3) is 5.91 Å². The van der Waals surface area contributed by atoms with Gasteiger partial charge in [-0.1, -0.05) is 0 Å². The van der Waals surface area contributed by atoms with Gasteiger partial charge in [-0.05, 0) is 12.1 Å². The predicted molar refractivity (Wildman–Crippen MR) is 48.8 cm³/mol. The number of nitrogens with one attached hydrogen (secondary N) is 2. The van der Waals surface area contributed by atoms with Crippen LogP contribution in [-0.2, 0) is 4.79 Å². The minimum absolute atomic E-state index is 0.160. The van der Waals surface area contributed by atoms with Crippen LogP contribution in [-0.4, -0.2) is 30.0 Å². The molecule has 1 rings (SSSR count). The first-order valence-corrected chi connectivity index (χ1v) is 4.05. The fourth-order valence-electron chi connectivity index (χ4n) is 0.935. The molecule has 0 spiro atoms. The van der Waals surface area contributed by atoms with E-state index in [0.717, 1.165) is 0 Å². The number of hydrogen-bond donors (Lipinski definition) is 2. The highest BCUT2D eigenvalue weighted by atomic mass is 16.2. The summed E-state index contributed by atoms with van der Waals surface area (Å²) in [6, 6.07) is 3.01. The van der Waals surface area contributed by atoms with Crippen LogP contribution in [0.5, 0.6) is 0 Å². The van der Waals surface area contributed by atoms with Crippen molar-refractivity contribution < 1.29 is 14.4 Å². The number of amides is 1. The molecule has 0 fully saturated rings. The minimum atomic E-state index is -0.339. The van der Waals surface area contributed by atoms with E-state index in [0.29, 0.717) is 17.7 Å². The summed E-state index contributed by atoms with van der Waals surface area (Å²) in [5.74, 6) is -0.339. The zero-order chi connectivity index (χ0) is 10.4. The van der Waals surface area contributed by atoms with Crippen LogP contribution >= 0.6 is 0 Å². The Morgan fingerprint density at radius 2 is 2.36 bits per heavy atom. The van der Waals surface area contributed by atoms with Crippen molar-refractivity contribution in [1.29, 1.82) is 0 Å². The zero-order valence-corrected chi connectivity index (χ0v) is 7.37. The first kappa shape index (κ1) is 10.2. The average Bonchev–Trinajstić information content (AvgIpc) is 2.66. The van der Waals surface area contributed by atoms with Gasteiger partial charge in [-0.15, -0.1) is 0 Å². The Bertz CT molecular complexity index is 344. The van der Waals surface area contributed by atoms with Crippen LogP contribution < -0.4 is 5.32 Å². The van der Waals surface area contributed by atoms with E-state index < -0.39 is 0 Å². The number of carbonyl (C=O) groups excluding carboxylic acids is 3. The van der Waals surface area contributed by atoms with Crippen LogP contribution in [0.4, 0.5) is 0 Å². The minimum Gasteiger partial charge on any atom is -0.350 e. The fraction of sp³-hybridized carbons (Fsp3) is 0.222. The highest BCUT2D eigenvalue weighted by Gasteiger charge is 2.06. The fourth-order valence-corrected chi connectivity index (χ4v) is 0.935.